The first-order valence-electron chi connectivity index (χ1n) is 4.18. The highest BCUT2D eigenvalue weighted by Gasteiger charge is 2.06. The van der Waals surface area contributed by atoms with Crippen molar-refractivity contribution in [3.05, 3.63) is 0 Å². The largest absolute Gasteiger partial charge is 0.481 e. The Labute approximate surface area is 76.8 Å². The van der Waals surface area contributed by atoms with Gasteiger partial charge < -0.3 is 15.5 Å². The molecule has 0 aromatic heterocycles. The summed E-state index contributed by atoms with van der Waals surface area (Å²) in [5.41, 5.74) is 0. The molecule has 0 aromatic carbocycles. The van der Waals surface area contributed by atoms with Gasteiger partial charge in [-0.2, -0.15) is 0 Å². The van der Waals surface area contributed by atoms with E-state index in [0.717, 1.165) is 0 Å². The Bertz CT molecular complexity index is 181. The predicted molar refractivity (Wildman–Crippen MR) is 46.2 cm³/mol. The van der Waals surface area contributed by atoms with Crippen LogP contribution in [0.4, 0.5) is 0 Å². The molecule has 0 saturated heterocycles. The second-order valence-corrected chi connectivity index (χ2v) is 2.90. The maximum absolute atomic E-state index is 11.0. The first-order chi connectivity index (χ1) is 6.06. The van der Waals surface area contributed by atoms with Crippen molar-refractivity contribution in [3.8, 4) is 0 Å². The molecule has 0 rings (SSSR count). The minimum atomic E-state index is -0.900. The van der Waals surface area contributed by atoms with Crippen LogP contribution in [0.5, 0.6) is 0 Å². The smallest absolute Gasteiger partial charge is 0.303 e. The van der Waals surface area contributed by atoms with Crippen molar-refractivity contribution in [2.24, 2.45) is 0 Å². The molecule has 0 bridgehead atoms. The van der Waals surface area contributed by atoms with Crippen LogP contribution in [-0.4, -0.2) is 34.7 Å². The van der Waals surface area contributed by atoms with Gasteiger partial charge in [-0.25, -0.2) is 0 Å². The Morgan fingerprint density at radius 1 is 1.38 bits per heavy atom. The van der Waals surface area contributed by atoms with Crippen molar-refractivity contribution in [3.63, 3.8) is 0 Å². The van der Waals surface area contributed by atoms with Gasteiger partial charge in [0.1, 0.15) is 0 Å². The van der Waals surface area contributed by atoms with E-state index in [1.807, 2.05) is 0 Å². The lowest BCUT2D eigenvalue weighted by atomic mass is 10.2. The van der Waals surface area contributed by atoms with E-state index < -0.39 is 5.97 Å². The average Bonchev–Trinajstić information content (AvgIpc) is 2.03. The van der Waals surface area contributed by atoms with Crippen LogP contribution < -0.4 is 5.32 Å². The summed E-state index contributed by atoms with van der Waals surface area (Å²) < 4.78 is 0. The molecule has 13 heavy (non-hydrogen) atoms. The molecule has 0 heterocycles. The van der Waals surface area contributed by atoms with E-state index >= 15 is 0 Å². The standard InChI is InChI=1S/C8H15NO4/c1-6(5-10)9-7(11)3-2-4-8(12)13/h6,10H,2-5H2,1H3,(H,9,11)(H,12,13)/t6-/m1/s1. The first-order valence-corrected chi connectivity index (χ1v) is 4.18. The molecule has 0 aromatic rings. The molecule has 5 nitrogen and oxygen atoms in total. The molecule has 5 heteroatoms. The summed E-state index contributed by atoms with van der Waals surface area (Å²) in [7, 11) is 0. The van der Waals surface area contributed by atoms with Gasteiger partial charge in [0.05, 0.1) is 6.61 Å². The van der Waals surface area contributed by atoms with Gasteiger partial charge in [-0.1, -0.05) is 0 Å². The number of rotatable bonds is 6. The summed E-state index contributed by atoms with van der Waals surface area (Å²) in [5, 5.41) is 19.4. The number of carbonyl (C=O) groups excluding carboxylic acids is 1. The number of carbonyl (C=O) groups is 2. The van der Waals surface area contributed by atoms with Gasteiger partial charge in [0, 0.05) is 18.9 Å². The van der Waals surface area contributed by atoms with E-state index in [4.69, 9.17) is 10.2 Å². The number of hydrogen-bond acceptors (Lipinski definition) is 3. The molecule has 0 aliphatic heterocycles. The molecule has 0 spiro atoms. The van der Waals surface area contributed by atoms with E-state index in [0.29, 0.717) is 6.42 Å². The molecule has 0 aliphatic rings. The number of nitrogens with one attached hydrogen (secondary N) is 1. The minimum absolute atomic E-state index is 0.000919. The van der Waals surface area contributed by atoms with E-state index in [-0.39, 0.29) is 31.4 Å². The van der Waals surface area contributed by atoms with Gasteiger partial charge in [0.15, 0.2) is 0 Å². The number of carboxylic acids is 1. The van der Waals surface area contributed by atoms with E-state index in [1.54, 1.807) is 6.92 Å². The van der Waals surface area contributed by atoms with Crippen LogP contribution in [-0.2, 0) is 9.59 Å². The number of carboxylic acid groups (broad SMARTS) is 1. The predicted octanol–water partition coefficient (Wildman–Crippen LogP) is -0.262. The van der Waals surface area contributed by atoms with Crippen molar-refractivity contribution >= 4 is 11.9 Å². The highest BCUT2D eigenvalue weighted by atomic mass is 16.4. The van der Waals surface area contributed by atoms with Crippen LogP contribution in [0, 0.1) is 0 Å². The molecule has 1 amide bonds. The van der Waals surface area contributed by atoms with Gasteiger partial charge >= 0.3 is 5.97 Å². The molecule has 0 aliphatic carbocycles. The first kappa shape index (κ1) is 11.9. The van der Waals surface area contributed by atoms with E-state index in [9.17, 15) is 9.59 Å². The number of hydrogen-bond donors (Lipinski definition) is 3. The summed E-state index contributed by atoms with van der Waals surface area (Å²) in [4.78, 5) is 21.1. The number of amides is 1. The molecule has 76 valence electrons. The lowest BCUT2D eigenvalue weighted by Gasteiger charge is -2.09. The topological polar surface area (TPSA) is 86.6 Å². The third-order valence-corrected chi connectivity index (χ3v) is 1.48. The fraction of sp³-hybridized carbons (Fsp3) is 0.750. The summed E-state index contributed by atoms with van der Waals surface area (Å²) in [6.45, 7) is 1.57. The molecule has 0 radical (unpaired) electrons. The highest BCUT2D eigenvalue weighted by Crippen LogP contribution is 1.95. The maximum atomic E-state index is 11.0. The molecule has 0 saturated carbocycles. The lowest BCUT2D eigenvalue weighted by Crippen LogP contribution is -2.34. The van der Waals surface area contributed by atoms with Crippen LogP contribution in [0.1, 0.15) is 26.2 Å². The Hall–Kier alpha value is -1.10. The van der Waals surface area contributed by atoms with Crippen LogP contribution >= 0.6 is 0 Å². The fourth-order valence-electron chi connectivity index (χ4n) is 0.793. The lowest BCUT2D eigenvalue weighted by molar-refractivity contribution is -0.137. The van der Waals surface area contributed by atoms with Crippen molar-refractivity contribution in [2.45, 2.75) is 32.2 Å². The summed E-state index contributed by atoms with van der Waals surface area (Å²) >= 11 is 0. The number of aliphatic hydroxyl groups excluding tert-OH is 1. The van der Waals surface area contributed by atoms with Crippen LogP contribution in [0.3, 0.4) is 0 Å². The van der Waals surface area contributed by atoms with Crippen LogP contribution in [0.2, 0.25) is 0 Å². The summed E-state index contributed by atoms with van der Waals surface area (Å²) in [5.74, 6) is -1.12. The Kier molecular flexibility index (Phi) is 5.88. The minimum Gasteiger partial charge on any atom is -0.481 e. The van der Waals surface area contributed by atoms with Gasteiger partial charge in [-0.3, -0.25) is 9.59 Å². The monoisotopic (exact) mass is 189 g/mol. The third kappa shape index (κ3) is 7.27. The van der Waals surface area contributed by atoms with Crippen molar-refractivity contribution < 1.29 is 19.8 Å². The van der Waals surface area contributed by atoms with E-state index in [2.05, 4.69) is 5.32 Å². The van der Waals surface area contributed by atoms with Gasteiger partial charge in [-0.05, 0) is 13.3 Å². The molecular formula is C8H15NO4. The molecule has 0 fully saturated rings. The fourth-order valence-corrected chi connectivity index (χ4v) is 0.793. The number of aliphatic hydroxyl groups is 1. The van der Waals surface area contributed by atoms with Crippen molar-refractivity contribution in [2.75, 3.05) is 6.61 Å². The van der Waals surface area contributed by atoms with Gasteiger partial charge in [0.25, 0.3) is 0 Å². The van der Waals surface area contributed by atoms with E-state index in [1.165, 1.54) is 0 Å². The van der Waals surface area contributed by atoms with Crippen molar-refractivity contribution in [1.82, 2.24) is 5.32 Å². The summed E-state index contributed by atoms with van der Waals surface area (Å²) in [6, 6.07) is -0.266. The normalized spacial score (nSPS) is 12.2. The molecule has 0 unspecified atom stereocenters. The quantitative estimate of drug-likeness (QED) is 0.537. The SMILES string of the molecule is C[C@H](CO)NC(=O)CCCC(=O)O. The zero-order valence-corrected chi connectivity index (χ0v) is 7.62. The molecular weight excluding hydrogens is 174 g/mol. The Balaban J connectivity index is 3.46. The van der Waals surface area contributed by atoms with Crippen LogP contribution in [0.15, 0.2) is 0 Å². The second kappa shape index (κ2) is 6.42. The van der Waals surface area contributed by atoms with Crippen molar-refractivity contribution in [1.29, 1.82) is 0 Å². The third-order valence-electron chi connectivity index (χ3n) is 1.48. The van der Waals surface area contributed by atoms with Gasteiger partial charge in [-0.15, -0.1) is 0 Å². The van der Waals surface area contributed by atoms with Crippen LogP contribution in [0.25, 0.3) is 0 Å². The van der Waals surface area contributed by atoms with Gasteiger partial charge in [0.2, 0.25) is 5.91 Å². The Morgan fingerprint density at radius 2 is 2.00 bits per heavy atom. The molecule has 3 N–H and O–H groups in total. The summed E-state index contributed by atoms with van der Waals surface area (Å²) in [6.07, 6.45) is 0.525. The molecule has 1 atom stereocenters. The highest BCUT2D eigenvalue weighted by molar-refractivity contribution is 5.77. The Morgan fingerprint density at radius 3 is 2.46 bits per heavy atom. The zero-order chi connectivity index (χ0) is 10.3. The average molecular weight is 189 g/mol. The maximum Gasteiger partial charge on any atom is 0.303 e. The number of aliphatic carboxylic acids is 1. The zero-order valence-electron chi connectivity index (χ0n) is 7.62. The second-order valence-electron chi connectivity index (χ2n) is 2.90.